The van der Waals surface area contributed by atoms with Gasteiger partial charge in [0, 0.05) is 19.0 Å². The SMILES string of the molecule is CC(C)NCC(=Cc1ccc2c(c1)CCO2)C(C)C. The minimum Gasteiger partial charge on any atom is -0.493 e. The molecule has 0 fully saturated rings. The maximum atomic E-state index is 5.55. The molecule has 0 spiro atoms. The molecule has 0 atom stereocenters. The zero-order valence-electron chi connectivity index (χ0n) is 12.5. The molecular formula is C17H25NO. The van der Waals surface area contributed by atoms with E-state index in [2.05, 4.69) is 57.3 Å². The van der Waals surface area contributed by atoms with Crippen molar-refractivity contribution in [1.29, 1.82) is 0 Å². The zero-order chi connectivity index (χ0) is 13.8. The van der Waals surface area contributed by atoms with Crippen LogP contribution in [0.4, 0.5) is 0 Å². The molecule has 1 aromatic carbocycles. The molecule has 0 radical (unpaired) electrons. The average molecular weight is 259 g/mol. The van der Waals surface area contributed by atoms with E-state index in [1.165, 1.54) is 16.7 Å². The maximum absolute atomic E-state index is 5.55. The summed E-state index contributed by atoms with van der Waals surface area (Å²) in [5.74, 6) is 1.62. The van der Waals surface area contributed by atoms with E-state index in [-0.39, 0.29) is 0 Å². The topological polar surface area (TPSA) is 21.3 Å². The fourth-order valence-electron chi connectivity index (χ4n) is 2.25. The monoisotopic (exact) mass is 259 g/mol. The van der Waals surface area contributed by atoms with Crippen molar-refractivity contribution in [2.24, 2.45) is 5.92 Å². The maximum Gasteiger partial charge on any atom is 0.122 e. The lowest BCUT2D eigenvalue weighted by atomic mass is 9.99. The second-order valence-corrected chi connectivity index (χ2v) is 5.88. The normalized spacial score (nSPS) is 14.9. The molecule has 0 aromatic heterocycles. The Morgan fingerprint density at radius 1 is 1.32 bits per heavy atom. The number of rotatable bonds is 5. The van der Waals surface area contributed by atoms with Crippen LogP contribution in [0.25, 0.3) is 6.08 Å². The lowest BCUT2D eigenvalue weighted by molar-refractivity contribution is 0.357. The summed E-state index contributed by atoms with van der Waals surface area (Å²) in [4.78, 5) is 0. The Morgan fingerprint density at radius 2 is 2.11 bits per heavy atom. The van der Waals surface area contributed by atoms with Gasteiger partial charge in [-0.1, -0.05) is 45.4 Å². The molecule has 1 aromatic rings. The van der Waals surface area contributed by atoms with Gasteiger partial charge in [0.05, 0.1) is 6.61 Å². The van der Waals surface area contributed by atoms with E-state index in [1.54, 1.807) is 0 Å². The fourth-order valence-corrected chi connectivity index (χ4v) is 2.25. The number of hydrogen-bond donors (Lipinski definition) is 1. The molecular weight excluding hydrogens is 234 g/mol. The van der Waals surface area contributed by atoms with Crippen molar-refractivity contribution in [3.8, 4) is 5.75 Å². The van der Waals surface area contributed by atoms with Crippen molar-refractivity contribution in [3.63, 3.8) is 0 Å². The number of hydrogen-bond acceptors (Lipinski definition) is 2. The summed E-state index contributed by atoms with van der Waals surface area (Å²) < 4.78 is 5.55. The smallest absolute Gasteiger partial charge is 0.122 e. The first-order valence-electron chi connectivity index (χ1n) is 7.26. The van der Waals surface area contributed by atoms with Crippen LogP contribution in [-0.4, -0.2) is 19.2 Å². The predicted octanol–water partition coefficient (Wildman–Crippen LogP) is 3.66. The summed E-state index contributed by atoms with van der Waals surface area (Å²) >= 11 is 0. The lowest BCUT2D eigenvalue weighted by Gasteiger charge is -2.15. The highest BCUT2D eigenvalue weighted by Gasteiger charge is 2.12. The first-order valence-corrected chi connectivity index (χ1v) is 7.26. The third-order valence-corrected chi connectivity index (χ3v) is 3.52. The van der Waals surface area contributed by atoms with Gasteiger partial charge >= 0.3 is 0 Å². The Kier molecular flexibility index (Phi) is 4.65. The van der Waals surface area contributed by atoms with Gasteiger partial charge < -0.3 is 10.1 Å². The largest absolute Gasteiger partial charge is 0.493 e. The molecule has 1 aliphatic rings. The summed E-state index contributed by atoms with van der Waals surface area (Å²) in [5.41, 5.74) is 4.08. The molecule has 1 heterocycles. The Hall–Kier alpha value is -1.28. The predicted molar refractivity (Wildman–Crippen MR) is 81.6 cm³/mol. The quantitative estimate of drug-likeness (QED) is 0.871. The van der Waals surface area contributed by atoms with E-state index in [0.29, 0.717) is 12.0 Å². The molecule has 19 heavy (non-hydrogen) atoms. The molecule has 1 aliphatic heterocycles. The molecule has 0 saturated heterocycles. The Balaban J connectivity index is 2.16. The molecule has 0 aliphatic carbocycles. The van der Waals surface area contributed by atoms with E-state index in [1.807, 2.05) is 0 Å². The average Bonchev–Trinajstić information content (AvgIpc) is 2.81. The number of fused-ring (bicyclic) bond motifs is 1. The first-order chi connectivity index (χ1) is 9.06. The molecule has 104 valence electrons. The van der Waals surface area contributed by atoms with Crippen LogP contribution < -0.4 is 10.1 Å². The minimum absolute atomic E-state index is 0.524. The first kappa shape index (κ1) is 14.1. The second-order valence-electron chi connectivity index (χ2n) is 5.88. The van der Waals surface area contributed by atoms with E-state index in [9.17, 15) is 0 Å². The summed E-state index contributed by atoms with van der Waals surface area (Å²) in [6, 6.07) is 7.04. The zero-order valence-corrected chi connectivity index (χ0v) is 12.5. The van der Waals surface area contributed by atoms with Crippen LogP contribution in [-0.2, 0) is 6.42 Å². The van der Waals surface area contributed by atoms with E-state index >= 15 is 0 Å². The van der Waals surface area contributed by atoms with Gasteiger partial charge in [-0.25, -0.2) is 0 Å². The fraction of sp³-hybridized carbons (Fsp3) is 0.529. The van der Waals surface area contributed by atoms with E-state index < -0.39 is 0 Å². The van der Waals surface area contributed by atoms with Crippen LogP contribution in [0.15, 0.2) is 23.8 Å². The Labute approximate surface area is 116 Å². The van der Waals surface area contributed by atoms with Gasteiger partial charge in [0.15, 0.2) is 0 Å². The summed E-state index contributed by atoms with van der Waals surface area (Å²) in [5, 5.41) is 3.51. The standard InChI is InChI=1S/C17H25NO/c1-12(2)16(11-18-13(3)4)10-14-5-6-17-15(9-14)7-8-19-17/h5-6,9-10,12-13,18H,7-8,11H2,1-4H3. The van der Waals surface area contributed by atoms with Crippen LogP contribution in [0.2, 0.25) is 0 Å². The van der Waals surface area contributed by atoms with Crippen LogP contribution in [0.5, 0.6) is 5.75 Å². The second kappa shape index (κ2) is 6.25. The van der Waals surface area contributed by atoms with Crippen LogP contribution in [0, 0.1) is 5.92 Å². The van der Waals surface area contributed by atoms with Crippen molar-refractivity contribution in [1.82, 2.24) is 5.32 Å². The van der Waals surface area contributed by atoms with E-state index in [0.717, 1.165) is 25.3 Å². The van der Waals surface area contributed by atoms with Gasteiger partial charge in [0.2, 0.25) is 0 Å². The van der Waals surface area contributed by atoms with Crippen LogP contribution >= 0.6 is 0 Å². The van der Waals surface area contributed by atoms with Crippen LogP contribution in [0.1, 0.15) is 38.8 Å². The third kappa shape index (κ3) is 3.84. The molecule has 0 amide bonds. The highest BCUT2D eigenvalue weighted by molar-refractivity contribution is 5.57. The van der Waals surface area contributed by atoms with Crippen molar-refractivity contribution in [3.05, 3.63) is 34.9 Å². The van der Waals surface area contributed by atoms with Gasteiger partial charge in [-0.2, -0.15) is 0 Å². The molecule has 0 unspecified atom stereocenters. The third-order valence-electron chi connectivity index (χ3n) is 3.52. The van der Waals surface area contributed by atoms with Crippen molar-refractivity contribution < 1.29 is 4.74 Å². The van der Waals surface area contributed by atoms with Crippen molar-refractivity contribution in [2.75, 3.05) is 13.2 Å². The van der Waals surface area contributed by atoms with Gasteiger partial charge in [0.25, 0.3) is 0 Å². The van der Waals surface area contributed by atoms with Crippen LogP contribution in [0.3, 0.4) is 0 Å². The number of benzene rings is 1. The molecule has 0 bridgehead atoms. The highest BCUT2D eigenvalue weighted by atomic mass is 16.5. The Morgan fingerprint density at radius 3 is 2.79 bits per heavy atom. The molecule has 2 rings (SSSR count). The molecule has 0 saturated carbocycles. The molecule has 2 nitrogen and oxygen atoms in total. The Bertz CT molecular complexity index is 460. The summed E-state index contributed by atoms with van der Waals surface area (Å²) in [6.07, 6.45) is 3.36. The van der Waals surface area contributed by atoms with Gasteiger partial charge in [0.1, 0.15) is 5.75 Å². The summed E-state index contributed by atoms with van der Waals surface area (Å²) in [6.45, 7) is 10.7. The molecule has 2 heteroatoms. The van der Waals surface area contributed by atoms with Crippen molar-refractivity contribution >= 4 is 6.08 Å². The summed E-state index contributed by atoms with van der Waals surface area (Å²) in [7, 11) is 0. The van der Waals surface area contributed by atoms with Crippen molar-refractivity contribution in [2.45, 2.75) is 40.2 Å². The van der Waals surface area contributed by atoms with Gasteiger partial charge in [-0.15, -0.1) is 0 Å². The van der Waals surface area contributed by atoms with Gasteiger partial charge in [-0.3, -0.25) is 0 Å². The lowest BCUT2D eigenvalue weighted by Crippen LogP contribution is -2.26. The van der Waals surface area contributed by atoms with E-state index in [4.69, 9.17) is 4.74 Å². The highest BCUT2D eigenvalue weighted by Crippen LogP contribution is 2.27. The van der Waals surface area contributed by atoms with Gasteiger partial charge in [-0.05, 0) is 29.2 Å². The minimum atomic E-state index is 0.524. The number of nitrogens with one attached hydrogen (secondary N) is 1. The molecule has 1 N–H and O–H groups in total. The number of ether oxygens (including phenoxy) is 1.